The molecular formula is C21H29N3O2S. The summed E-state index contributed by atoms with van der Waals surface area (Å²) >= 11 is 0. The quantitative estimate of drug-likeness (QED) is 0.820. The van der Waals surface area contributed by atoms with Crippen molar-refractivity contribution >= 4 is 21.4 Å². The van der Waals surface area contributed by atoms with Crippen LogP contribution in [0.5, 0.6) is 0 Å². The molecule has 2 aromatic rings. The molecule has 1 fully saturated rings. The highest BCUT2D eigenvalue weighted by molar-refractivity contribution is 7.92. The van der Waals surface area contributed by atoms with E-state index in [1.807, 2.05) is 36.4 Å². The van der Waals surface area contributed by atoms with Crippen LogP contribution in [0.3, 0.4) is 0 Å². The standard InChI is InChI=1S/C21H29N3O2S/c1-4-17(2)18-9-11-19(12-10-18)27(25,26)22-20-7-5-6-8-21(20)24-15-13-23(3)14-16-24/h5-12,17,22H,4,13-16H2,1-3H3/t17-/m0/s1. The second kappa shape index (κ2) is 8.31. The minimum Gasteiger partial charge on any atom is -0.367 e. The lowest BCUT2D eigenvalue weighted by atomic mass is 9.99. The van der Waals surface area contributed by atoms with Gasteiger partial charge in [-0.25, -0.2) is 8.42 Å². The number of sulfonamides is 1. The molecule has 5 nitrogen and oxygen atoms in total. The van der Waals surface area contributed by atoms with Gasteiger partial charge in [-0.05, 0) is 49.2 Å². The van der Waals surface area contributed by atoms with Gasteiger partial charge < -0.3 is 9.80 Å². The van der Waals surface area contributed by atoms with Gasteiger partial charge in [0.25, 0.3) is 10.0 Å². The molecule has 27 heavy (non-hydrogen) atoms. The number of para-hydroxylation sites is 2. The molecular weight excluding hydrogens is 358 g/mol. The predicted molar refractivity (Wildman–Crippen MR) is 112 cm³/mol. The fourth-order valence-corrected chi connectivity index (χ4v) is 4.37. The van der Waals surface area contributed by atoms with E-state index in [4.69, 9.17) is 0 Å². The third-order valence-electron chi connectivity index (χ3n) is 5.36. The number of hydrogen-bond acceptors (Lipinski definition) is 4. The van der Waals surface area contributed by atoms with Gasteiger partial charge in [0.15, 0.2) is 0 Å². The van der Waals surface area contributed by atoms with Crippen LogP contribution < -0.4 is 9.62 Å². The topological polar surface area (TPSA) is 52.7 Å². The van der Waals surface area contributed by atoms with Crippen molar-refractivity contribution < 1.29 is 8.42 Å². The van der Waals surface area contributed by atoms with Crippen molar-refractivity contribution in [2.24, 2.45) is 0 Å². The zero-order chi connectivity index (χ0) is 19.4. The fourth-order valence-electron chi connectivity index (χ4n) is 3.30. The predicted octanol–water partition coefficient (Wildman–Crippen LogP) is 3.75. The van der Waals surface area contributed by atoms with Crippen LogP contribution in [-0.4, -0.2) is 46.5 Å². The van der Waals surface area contributed by atoms with E-state index >= 15 is 0 Å². The van der Waals surface area contributed by atoms with Gasteiger partial charge in [-0.2, -0.15) is 0 Å². The van der Waals surface area contributed by atoms with E-state index in [0.29, 0.717) is 16.5 Å². The number of likely N-dealkylation sites (N-methyl/N-ethyl adjacent to an activating group) is 1. The number of nitrogens with zero attached hydrogens (tertiary/aromatic N) is 2. The number of benzene rings is 2. The Bertz CT molecular complexity index is 857. The van der Waals surface area contributed by atoms with E-state index in [2.05, 4.69) is 35.4 Å². The van der Waals surface area contributed by atoms with Gasteiger partial charge in [-0.15, -0.1) is 0 Å². The first-order valence-electron chi connectivity index (χ1n) is 9.56. The Morgan fingerprint density at radius 2 is 1.63 bits per heavy atom. The van der Waals surface area contributed by atoms with Crippen molar-refractivity contribution in [2.75, 3.05) is 42.8 Å². The molecule has 0 bridgehead atoms. The second-order valence-corrected chi connectivity index (χ2v) is 8.97. The van der Waals surface area contributed by atoms with Crippen LogP contribution in [0, 0.1) is 0 Å². The van der Waals surface area contributed by atoms with Crippen molar-refractivity contribution in [2.45, 2.75) is 31.1 Å². The highest BCUT2D eigenvalue weighted by Crippen LogP contribution is 2.29. The highest BCUT2D eigenvalue weighted by Gasteiger charge is 2.20. The van der Waals surface area contributed by atoms with Crippen LogP contribution in [0.1, 0.15) is 31.7 Å². The minimum atomic E-state index is -3.62. The molecule has 1 N–H and O–H groups in total. The highest BCUT2D eigenvalue weighted by atomic mass is 32.2. The number of anilines is 2. The van der Waals surface area contributed by atoms with Crippen molar-refractivity contribution in [3.05, 3.63) is 54.1 Å². The summed E-state index contributed by atoms with van der Waals surface area (Å²) in [5, 5.41) is 0. The lowest BCUT2D eigenvalue weighted by molar-refractivity contribution is 0.313. The Hall–Kier alpha value is -2.05. The average molecular weight is 388 g/mol. The molecule has 0 spiro atoms. The smallest absolute Gasteiger partial charge is 0.261 e. The molecule has 1 saturated heterocycles. The Kier molecular flexibility index (Phi) is 6.07. The molecule has 1 heterocycles. The zero-order valence-electron chi connectivity index (χ0n) is 16.4. The Labute approximate surface area is 163 Å². The largest absolute Gasteiger partial charge is 0.367 e. The van der Waals surface area contributed by atoms with Gasteiger partial charge in [0.05, 0.1) is 16.3 Å². The summed E-state index contributed by atoms with van der Waals surface area (Å²) in [4.78, 5) is 4.81. The summed E-state index contributed by atoms with van der Waals surface area (Å²) in [6.45, 7) is 7.99. The van der Waals surface area contributed by atoms with E-state index < -0.39 is 10.0 Å². The Morgan fingerprint density at radius 1 is 1.00 bits per heavy atom. The normalized spacial score (nSPS) is 16.9. The second-order valence-electron chi connectivity index (χ2n) is 7.29. The summed E-state index contributed by atoms with van der Waals surface area (Å²) in [5.74, 6) is 0.424. The fraction of sp³-hybridized carbons (Fsp3) is 0.429. The molecule has 0 amide bonds. The number of hydrogen-bond donors (Lipinski definition) is 1. The van der Waals surface area contributed by atoms with Gasteiger partial charge in [0.2, 0.25) is 0 Å². The third-order valence-corrected chi connectivity index (χ3v) is 6.75. The molecule has 146 valence electrons. The zero-order valence-corrected chi connectivity index (χ0v) is 17.2. The van der Waals surface area contributed by atoms with Crippen LogP contribution in [0.25, 0.3) is 0 Å². The SMILES string of the molecule is CC[C@H](C)c1ccc(S(=O)(=O)Nc2ccccc2N2CCN(C)CC2)cc1. The van der Waals surface area contributed by atoms with Crippen molar-refractivity contribution in [1.82, 2.24) is 4.90 Å². The lowest BCUT2D eigenvalue weighted by Crippen LogP contribution is -2.44. The first-order valence-corrected chi connectivity index (χ1v) is 11.0. The van der Waals surface area contributed by atoms with Crippen LogP contribution in [0.2, 0.25) is 0 Å². The van der Waals surface area contributed by atoms with Gasteiger partial charge in [-0.3, -0.25) is 4.72 Å². The lowest BCUT2D eigenvalue weighted by Gasteiger charge is -2.35. The maximum Gasteiger partial charge on any atom is 0.261 e. The molecule has 0 aliphatic carbocycles. The molecule has 1 atom stereocenters. The van der Waals surface area contributed by atoms with Crippen LogP contribution in [-0.2, 0) is 10.0 Å². The molecule has 1 aliphatic rings. The summed E-state index contributed by atoms with van der Waals surface area (Å²) in [6.07, 6.45) is 1.03. The monoisotopic (exact) mass is 387 g/mol. The summed E-state index contributed by atoms with van der Waals surface area (Å²) in [6, 6.07) is 14.8. The van der Waals surface area contributed by atoms with E-state index in [9.17, 15) is 8.42 Å². The van der Waals surface area contributed by atoms with Gasteiger partial charge in [-0.1, -0.05) is 38.1 Å². The molecule has 0 aromatic heterocycles. The van der Waals surface area contributed by atoms with Gasteiger partial charge >= 0.3 is 0 Å². The first kappa shape index (κ1) is 19.7. The molecule has 0 radical (unpaired) electrons. The van der Waals surface area contributed by atoms with E-state index in [-0.39, 0.29) is 0 Å². The maximum absolute atomic E-state index is 12.9. The molecule has 3 rings (SSSR count). The van der Waals surface area contributed by atoms with Gasteiger partial charge in [0.1, 0.15) is 0 Å². The molecule has 0 unspecified atom stereocenters. The van der Waals surface area contributed by atoms with Crippen molar-refractivity contribution in [3.63, 3.8) is 0 Å². The molecule has 2 aromatic carbocycles. The number of piperazine rings is 1. The Morgan fingerprint density at radius 3 is 2.26 bits per heavy atom. The Balaban J connectivity index is 1.82. The molecule has 1 aliphatic heterocycles. The average Bonchev–Trinajstić information content (AvgIpc) is 2.68. The van der Waals surface area contributed by atoms with E-state index in [1.165, 1.54) is 0 Å². The van der Waals surface area contributed by atoms with Crippen LogP contribution >= 0.6 is 0 Å². The van der Waals surface area contributed by atoms with E-state index in [0.717, 1.165) is 43.9 Å². The van der Waals surface area contributed by atoms with Crippen molar-refractivity contribution in [1.29, 1.82) is 0 Å². The van der Waals surface area contributed by atoms with Crippen LogP contribution in [0.15, 0.2) is 53.4 Å². The van der Waals surface area contributed by atoms with Crippen LogP contribution in [0.4, 0.5) is 11.4 Å². The van der Waals surface area contributed by atoms with E-state index in [1.54, 1.807) is 12.1 Å². The first-order chi connectivity index (χ1) is 12.9. The van der Waals surface area contributed by atoms with Gasteiger partial charge in [0, 0.05) is 26.2 Å². The molecule has 0 saturated carbocycles. The summed E-state index contributed by atoms with van der Waals surface area (Å²) in [5.41, 5.74) is 2.73. The maximum atomic E-state index is 12.9. The number of nitrogens with one attached hydrogen (secondary N) is 1. The summed E-state index contributed by atoms with van der Waals surface area (Å²) < 4.78 is 28.6. The molecule has 6 heteroatoms. The van der Waals surface area contributed by atoms with Crippen molar-refractivity contribution in [3.8, 4) is 0 Å². The number of rotatable bonds is 6. The minimum absolute atomic E-state index is 0.294. The third kappa shape index (κ3) is 4.62. The summed E-state index contributed by atoms with van der Waals surface area (Å²) in [7, 11) is -1.52.